The molecule has 4 saturated carbocycles. The second kappa shape index (κ2) is 19.6. The molecular weight excluding hydrogens is 806 g/mol. The van der Waals surface area contributed by atoms with Gasteiger partial charge in [-0.15, -0.1) is 0 Å². The Morgan fingerprint density at radius 1 is 0.906 bits per heavy atom. The van der Waals surface area contributed by atoms with Crippen molar-refractivity contribution >= 4 is 11.7 Å². The summed E-state index contributed by atoms with van der Waals surface area (Å²) in [6.45, 7) is 18.7. The molecule has 8 heteroatoms. The fraction of sp³-hybridized carbons (Fsp3) is 0.714. The molecule has 352 valence electrons. The number of hydrogen-bond donors (Lipinski definition) is 0. The number of esters is 1. The summed E-state index contributed by atoms with van der Waals surface area (Å²) in [5.74, 6) is 4.80. The van der Waals surface area contributed by atoms with E-state index in [1.165, 1.54) is 68.6 Å². The van der Waals surface area contributed by atoms with Gasteiger partial charge in [0.1, 0.15) is 12.7 Å². The highest BCUT2D eigenvalue weighted by Crippen LogP contribution is 2.67. The number of ether oxygens (including phenoxy) is 1. The first kappa shape index (κ1) is 47.4. The van der Waals surface area contributed by atoms with Crippen LogP contribution in [0, 0.1) is 52.3 Å². The van der Waals surface area contributed by atoms with Crippen LogP contribution in [0.1, 0.15) is 190 Å². The molecule has 6 aliphatic rings. The minimum Gasteiger partial charge on any atom is -0.462 e. The van der Waals surface area contributed by atoms with E-state index >= 15 is 0 Å². The Kier molecular flexibility index (Phi) is 14.5. The smallest absolute Gasteiger partial charge is 0.416 e. The van der Waals surface area contributed by atoms with E-state index in [4.69, 9.17) is 9.57 Å². The normalized spacial score (nSPS) is 30.8. The molecule has 0 aromatic heterocycles. The second-order valence-electron chi connectivity index (χ2n) is 22.5. The summed E-state index contributed by atoms with van der Waals surface area (Å²) in [4.78, 5) is 21.5. The third kappa shape index (κ3) is 9.93. The van der Waals surface area contributed by atoms with Crippen molar-refractivity contribution in [2.75, 3.05) is 13.1 Å². The van der Waals surface area contributed by atoms with E-state index in [1.54, 1.807) is 17.7 Å². The van der Waals surface area contributed by atoms with Crippen LogP contribution in [-0.4, -0.2) is 35.8 Å². The summed E-state index contributed by atoms with van der Waals surface area (Å²) in [6.07, 6.45) is 17.7. The van der Waals surface area contributed by atoms with Gasteiger partial charge in [0.2, 0.25) is 0 Å². The largest absolute Gasteiger partial charge is 0.462 e. The lowest BCUT2D eigenvalue weighted by Gasteiger charge is -2.58. The van der Waals surface area contributed by atoms with Gasteiger partial charge in [-0.3, -0.25) is 9.69 Å². The molecule has 5 fully saturated rings. The zero-order valence-electron chi connectivity index (χ0n) is 40.3. The van der Waals surface area contributed by atoms with Crippen LogP contribution in [0.2, 0.25) is 0 Å². The SMILES string of the molecule is CCc1cc(/C(C)=N/OCc2ccc(C3CCCCC3)c(C(F)(F)F)c2)ccc1CN1CC(C(=O)O[C@H]2CC[C@@]3(C)C(=CC[C@H]4[C@@H]5CC[C@H]([C@H](C)CCCC(C)C)[C@@]5(C)CC[C@@H]43)C2)C1. The number of aryl methyl sites for hydroxylation is 1. The lowest BCUT2D eigenvalue weighted by Crippen LogP contribution is -2.52. The number of oxime groups is 1. The number of hydrogen-bond acceptors (Lipinski definition) is 5. The van der Waals surface area contributed by atoms with Crippen molar-refractivity contribution < 1.29 is 27.5 Å². The molecule has 1 heterocycles. The molecule has 0 radical (unpaired) electrons. The summed E-state index contributed by atoms with van der Waals surface area (Å²) in [6, 6.07) is 11.0. The number of carbonyl (C=O) groups excluding carboxylic acids is 1. The van der Waals surface area contributed by atoms with Gasteiger partial charge in [-0.05, 0) is 163 Å². The minimum absolute atomic E-state index is 0.00824. The number of likely N-dealkylation sites (tertiary alicyclic amines) is 1. The van der Waals surface area contributed by atoms with Crippen LogP contribution in [0.5, 0.6) is 0 Å². The van der Waals surface area contributed by atoms with Crippen LogP contribution in [0.4, 0.5) is 13.2 Å². The number of allylic oxidation sites excluding steroid dienone is 1. The predicted molar refractivity (Wildman–Crippen MR) is 252 cm³/mol. The van der Waals surface area contributed by atoms with Crippen molar-refractivity contribution in [3.05, 3.63) is 81.4 Å². The topological polar surface area (TPSA) is 51.1 Å². The van der Waals surface area contributed by atoms with E-state index in [0.717, 1.165) is 105 Å². The summed E-state index contributed by atoms with van der Waals surface area (Å²) >= 11 is 0. The highest BCUT2D eigenvalue weighted by atomic mass is 19.4. The quantitative estimate of drug-likeness (QED) is 0.0774. The maximum absolute atomic E-state index is 14.1. The standard InChI is InChI=1S/C56H79F3N2O3/c1-8-40-30-42(38(5)60-63-35-39-17-21-47(41-15-10-9-11-16-41)52(29-39)56(57,58)59)18-19-43(40)32-61-33-44(34-61)53(62)64-46-25-27-54(6)45(31-46)20-22-48-50-24-23-49(37(4)14-12-13-36(2)3)55(50,7)28-26-51(48)54/h17-21,29-30,36-37,41,44,46,48-51H,8-16,22-28,31-35H2,1-7H3/b60-38+/t37-,46+,48+,49-,50+,51+,54+,55-/m1/s1. The third-order valence-electron chi connectivity index (χ3n) is 18.1. The number of rotatable bonds is 15. The van der Waals surface area contributed by atoms with Gasteiger partial charge < -0.3 is 9.57 Å². The Balaban J connectivity index is 0.803. The van der Waals surface area contributed by atoms with Gasteiger partial charge in [-0.25, -0.2) is 0 Å². The molecule has 64 heavy (non-hydrogen) atoms. The molecule has 0 N–H and O–H groups in total. The molecule has 1 aliphatic heterocycles. The fourth-order valence-electron chi connectivity index (χ4n) is 14.4. The maximum atomic E-state index is 14.1. The second-order valence-corrected chi connectivity index (χ2v) is 22.5. The minimum atomic E-state index is -4.40. The van der Waals surface area contributed by atoms with Crippen molar-refractivity contribution in [1.82, 2.24) is 4.90 Å². The Bertz CT molecular complexity index is 2010. The lowest BCUT2D eigenvalue weighted by atomic mass is 9.47. The average molecular weight is 885 g/mol. The molecule has 5 aliphatic carbocycles. The van der Waals surface area contributed by atoms with Gasteiger partial charge in [0.05, 0.1) is 17.2 Å². The highest BCUT2D eigenvalue weighted by Gasteiger charge is 2.59. The first-order valence-electron chi connectivity index (χ1n) is 25.7. The maximum Gasteiger partial charge on any atom is 0.416 e. The number of carbonyl (C=O) groups is 1. The van der Waals surface area contributed by atoms with Gasteiger partial charge in [-0.1, -0.05) is 121 Å². The van der Waals surface area contributed by atoms with E-state index in [9.17, 15) is 18.0 Å². The molecule has 2 aromatic carbocycles. The third-order valence-corrected chi connectivity index (χ3v) is 18.1. The molecule has 5 nitrogen and oxygen atoms in total. The number of fused-ring (bicyclic) bond motifs is 5. The Labute approximate surface area is 383 Å². The van der Waals surface area contributed by atoms with Crippen LogP contribution in [0.25, 0.3) is 0 Å². The van der Waals surface area contributed by atoms with Crippen molar-refractivity contribution in [1.29, 1.82) is 0 Å². The summed E-state index contributed by atoms with van der Waals surface area (Å²) < 4.78 is 48.6. The molecule has 8 rings (SSSR count). The van der Waals surface area contributed by atoms with E-state index < -0.39 is 11.7 Å². The van der Waals surface area contributed by atoms with Gasteiger partial charge in [0.25, 0.3) is 0 Å². The van der Waals surface area contributed by atoms with Crippen molar-refractivity contribution in [3.8, 4) is 0 Å². The average Bonchev–Trinajstić information content (AvgIpc) is 3.62. The summed E-state index contributed by atoms with van der Waals surface area (Å²) in [5.41, 5.74) is 6.70. The van der Waals surface area contributed by atoms with E-state index in [-0.39, 0.29) is 35.9 Å². The van der Waals surface area contributed by atoms with Gasteiger partial charge in [0, 0.05) is 26.1 Å². The molecule has 8 atom stereocenters. The first-order valence-corrected chi connectivity index (χ1v) is 25.7. The first-order chi connectivity index (χ1) is 30.6. The predicted octanol–water partition coefficient (Wildman–Crippen LogP) is 14.6. The Hall–Kier alpha value is -3.13. The summed E-state index contributed by atoms with van der Waals surface area (Å²) in [5, 5.41) is 4.31. The molecule has 0 bridgehead atoms. The Morgan fingerprint density at radius 3 is 2.42 bits per heavy atom. The van der Waals surface area contributed by atoms with Crippen LogP contribution >= 0.6 is 0 Å². The van der Waals surface area contributed by atoms with Crippen LogP contribution < -0.4 is 0 Å². The van der Waals surface area contributed by atoms with Crippen LogP contribution in [-0.2, 0) is 40.1 Å². The van der Waals surface area contributed by atoms with E-state index in [1.807, 2.05) is 13.0 Å². The molecule has 0 spiro atoms. The molecule has 0 unspecified atom stereocenters. The van der Waals surface area contributed by atoms with Crippen molar-refractivity contribution in [3.63, 3.8) is 0 Å². The van der Waals surface area contributed by atoms with Crippen molar-refractivity contribution in [2.24, 2.45) is 57.4 Å². The summed E-state index contributed by atoms with van der Waals surface area (Å²) in [7, 11) is 0. The fourth-order valence-corrected chi connectivity index (χ4v) is 14.4. The zero-order valence-corrected chi connectivity index (χ0v) is 40.3. The monoisotopic (exact) mass is 885 g/mol. The number of alkyl halides is 3. The van der Waals surface area contributed by atoms with Crippen LogP contribution in [0.15, 0.2) is 53.2 Å². The lowest BCUT2D eigenvalue weighted by molar-refractivity contribution is -0.162. The highest BCUT2D eigenvalue weighted by molar-refractivity contribution is 5.98. The van der Waals surface area contributed by atoms with Gasteiger partial charge in [0.15, 0.2) is 0 Å². The van der Waals surface area contributed by atoms with Crippen molar-refractivity contribution in [2.45, 2.75) is 189 Å². The van der Waals surface area contributed by atoms with Crippen LogP contribution in [0.3, 0.4) is 0 Å². The van der Waals surface area contributed by atoms with Gasteiger partial charge in [-0.2, -0.15) is 13.2 Å². The number of halogens is 3. The van der Waals surface area contributed by atoms with Gasteiger partial charge >= 0.3 is 12.1 Å². The molecule has 2 aromatic rings. The zero-order chi connectivity index (χ0) is 45.4. The van der Waals surface area contributed by atoms with E-state index in [2.05, 4.69) is 69.8 Å². The Morgan fingerprint density at radius 2 is 1.69 bits per heavy atom. The molecular formula is C56H79F3N2O3. The molecule has 0 amide bonds. The number of benzene rings is 2. The molecule has 1 saturated heterocycles. The number of nitrogens with zero attached hydrogens (tertiary/aromatic N) is 2. The van der Waals surface area contributed by atoms with E-state index in [0.29, 0.717) is 35.3 Å².